The molecular weight excluding hydrogens is 349 g/mol. The average molecular weight is 367 g/mol. The highest BCUT2D eigenvalue weighted by Crippen LogP contribution is 2.33. The Morgan fingerprint density at radius 3 is 2.74 bits per heavy atom. The largest absolute Gasteiger partial charge is 0.417 e. The van der Waals surface area contributed by atoms with Gasteiger partial charge in [0.2, 0.25) is 5.91 Å². The van der Waals surface area contributed by atoms with E-state index in [0.717, 1.165) is 43.3 Å². The summed E-state index contributed by atoms with van der Waals surface area (Å²) in [4.78, 5) is 15.7. The zero-order valence-electron chi connectivity index (χ0n) is 12.6. The molecule has 0 radical (unpaired) electrons. The van der Waals surface area contributed by atoms with Crippen molar-refractivity contribution in [1.82, 2.24) is 10.3 Å². The number of hydrogen-bond donors (Lipinski definition) is 1. The van der Waals surface area contributed by atoms with Crippen LogP contribution in [0.5, 0.6) is 0 Å². The van der Waals surface area contributed by atoms with Crippen LogP contribution in [0.4, 0.5) is 13.2 Å². The number of carbonyl (C=O) groups is 1. The number of hydrogen-bond acceptors (Lipinski definition) is 3. The fourth-order valence-electron chi connectivity index (χ4n) is 2.60. The Morgan fingerprint density at radius 2 is 2.13 bits per heavy atom. The lowest BCUT2D eigenvalue weighted by Crippen LogP contribution is -2.41. The number of nitrogens with zero attached hydrogens (tertiary/aromatic N) is 1. The summed E-state index contributed by atoms with van der Waals surface area (Å²) in [5.74, 6) is 0.387. The summed E-state index contributed by atoms with van der Waals surface area (Å²) in [6, 6.07) is 1.01. The van der Waals surface area contributed by atoms with Crippen molar-refractivity contribution in [2.45, 2.75) is 49.9 Å². The quantitative estimate of drug-likeness (QED) is 0.795. The van der Waals surface area contributed by atoms with E-state index in [1.54, 1.807) is 0 Å². The van der Waals surface area contributed by atoms with Gasteiger partial charge in [-0.25, -0.2) is 4.98 Å². The fraction of sp³-hybridized carbons (Fsp3) is 0.600. The van der Waals surface area contributed by atoms with E-state index in [1.165, 1.54) is 6.42 Å². The molecule has 3 nitrogen and oxygen atoms in total. The van der Waals surface area contributed by atoms with Gasteiger partial charge in [0, 0.05) is 12.2 Å². The van der Waals surface area contributed by atoms with Crippen molar-refractivity contribution < 1.29 is 18.0 Å². The van der Waals surface area contributed by atoms with Crippen LogP contribution in [0.1, 0.15) is 38.2 Å². The van der Waals surface area contributed by atoms with E-state index in [-0.39, 0.29) is 27.8 Å². The van der Waals surface area contributed by atoms with Gasteiger partial charge in [-0.15, -0.1) is 0 Å². The van der Waals surface area contributed by atoms with Crippen molar-refractivity contribution in [3.8, 4) is 0 Å². The molecule has 1 amide bonds. The van der Waals surface area contributed by atoms with Gasteiger partial charge in [0.25, 0.3) is 0 Å². The first-order valence-electron chi connectivity index (χ1n) is 7.42. The Morgan fingerprint density at radius 1 is 1.43 bits per heavy atom. The van der Waals surface area contributed by atoms with Crippen LogP contribution in [-0.2, 0) is 11.0 Å². The first kappa shape index (κ1) is 18.4. The number of carbonyl (C=O) groups excluding carboxylic acids is 1. The maximum Gasteiger partial charge on any atom is 0.417 e. The first-order valence-corrected chi connectivity index (χ1v) is 8.78. The molecule has 1 aromatic heterocycles. The van der Waals surface area contributed by atoms with Gasteiger partial charge in [0.1, 0.15) is 5.03 Å². The van der Waals surface area contributed by atoms with E-state index in [2.05, 4.69) is 17.2 Å². The normalized spacial score (nSPS) is 22.0. The molecule has 0 aliphatic heterocycles. The number of pyridine rings is 1. The lowest BCUT2D eigenvalue weighted by molar-refractivity contribution is -0.137. The van der Waals surface area contributed by atoms with Crippen LogP contribution in [-0.4, -0.2) is 22.7 Å². The molecule has 1 aliphatic rings. The third-order valence-electron chi connectivity index (χ3n) is 3.93. The summed E-state index contributed by atoms with van der Waals surface area (Å²) in [5.41, 5.74) is -0.896. The van der Waals surface area contributed by atoms with Crippen LogP contribution in [0.3, 0.4) is 0 Å². The van der Waals surface area contributed by atoms with Gasteiger partial charge in [-0.1, -0.05) is 43.1 Å². The summed E-state index contributed by atoms with van der Waals surface area (Å²) >= 11 is 6.86. The van der Waals surface area contributed by atoms with Crippen molar-refractivity contribution in [3.63, 3.8) is 0 Å². The molecule has 0 bridgehead atoms. The maximum atomic E-state index is 12.5. The van der Waals surface area contributed by atoms with E-state index in [9.17, 15) is 18.0 Å². The topological polar surface area (TPSA) is 42.0 Å². The van der Waals surface area contributed by atoms with Gasteiger partial charge in [-0.05, 0) is 24.8 Å². The smallest absolute Gasteiger partial charge is 0.352 e. The lowest BCUT2D eigenvalue weighted by Gasteiger charge is -2.29. The Hall–Kier alpha value is -0.950. The summed E-state index contributed by atoms with van der Waals surface area (Å²) in [5, 5.41) is 3.12. The molecule has 8 heteroatoms. The van der Waals surface area contributed by atoms with Crippen molar-refractivity contribution in [2.24, 2.45) is 5.92 Å². The van der Waals surface area contributed by atoms with Crippen LogP contribution in [0.15, 0.2) is 17.3 Å². The monoisotopic (exact) mass is 366 g/mol. The molecule has 2 rings (SSSR count). The van der Waals surface area contributed by atoms with Crippen molar-refractivity contribution in [2.75, 3.05) is 5.75 Å². The van der Waals surface area contributed by atoms with Crippen LogP contribution in [0, 0.1) is 5.92 Å². The van der Waals surface area contributed by atoms with Crippen LogP contribution < -0.4 is 5.32 Å². The zero-order chi connectivity index (χ0) is 17.0. The minimum Gasteiger partial charge on any atom is -0.352 e. The molecule has 2 atom stereocenters. The predicted molar refractivity (Wildman–Crippen MR) is 84.5 cm³/mol. The highest BCUT2D eigenvalue weighted by atomic mass is 35.5. The number of halogens is 4. The van der Waals surface area contributed by atoms with Crippen LogP contribution in [0.2, 0.25) is 5.02 Å². The van der Waals surface area contributed by atoms with E-state index in [1.807, 2.05) is 0 Å². The minimum absolute atomic E-state index is 0.0846. The van der Waals surface area contributed by atoms with Gasteiger partial charge >= 0.3 is 6.18 Å². The van der Waals surface area contributed by atoms with E-state index in [4.69, 9.17) is 11.6 Å². The van der Waals surface area contributed by atoms with Crippen LogP contribution in [0.25, 0.3) is 0 Å². The SMILES string of the molecule is C[C@@H]1CCCC[C@@H]1NC(=O)CSc1ncc(C(F)(F)F)cc1Cl. The summed E-state index contributed by atoms with van der Waals surface area (Å²) in [7, 11) is 0. The molecule has 1 heterocycles. The van der Waals surface area contributed by atoms with Crippen molar-refractivity contribution in [3.05, 3.63) is 22.8 Å². The number of aromatic nitrogens is 1. The second-order valence-corrected chi connectivity index (χ2v) is 7.10. The summed E-state index contributed by atoms with van der Waals surface area (Å²) in [6.45, 7) is 2.12. The molecule has 1 fully saturated rings. The number of rotatable bonds is 4. The second-order valence-electron chi connectivity index (χ2n) is 5.73. The fourth-order valence-corrected chi connectivity index (χ4v) is 3.60. The van der Waals surface area contributed by atoms with E-state index >= 15 is 0 Å². The van der Waals surface area contributed by atoms with Gasteiger partial charge in [-0.2, -0.15) is 13.2 Å². The second kappa shape index (κ2) is 7.75. The molecule has 1 aromatic rings. The molecule has 1 aliphatic carbocycles. The standard InChI is InChI=1S/C15H18ClF3N2OS/c1-9-4-2-3-5-12(9)21-13(22)8-23-14-11(16)6-10(7-20-14)15(17,18)19/h6-7,9,12H,2-5,8H2,1H3,(H,21,22)/t9-,12+/m1/s1. The van der Waals surface area contributed by atoms with E-state index in [0.29, 0.717) is 5.92 Å². The Bertz CT molecular complexity index is 568. The van der Waals surface area contributed by atoms with Gasteiger partial charge in [-0.3, -0.25) is 4.79 Å². The van der Waals surface area contributed by atoms with Crippen molar-refractivity contribution in [1.29, 1.82) is 0 Å². The Labute approximate surface area is 142 Å². The third-order valence-corrected chi connectivity index (χ3v) is 5.34. The molecule has 23 heavy (non-hydrogen) atoms. The summed E-state index contributed by atoms with van der Waals surface area (Å²) in [6.07, 6.45) is 0.618. The van der Waals surface area contributed by atoms with Crippen molar-refractivity contribution >= 4 is 29.3 Å². The molecule has 1 N–H and O–H groups in total. The highest BCUT2D eigenvalue weighted by Gasteiger charge is 2.31. The first-order chi connectivity index (χ1) is 10.8. The van der Waals surface area contributed by atoms with E-state index < -0.39 is 11.7 Å². The minimum atomic E-state index is -4.48. The molecule has 128 valence electrons. The average Bonchev–Trinajstić information content (AvgIpc) is 2.47. The van der Waals surface area contributed by atoms with Gasteiger partial charge < -0.3 is 5.32 Å². The zero-order valence-corrected chi connectivity index (χ0v) is 14.2. The number of thioether (sulfide) groups is 1. The van der Waals surface area contributed by atoms with Gasteiger partial charge in [0.15, 0.2) is 0 Å². The Kier molecular flexibility index (Phi) is 6.19. The molecule has 0 aromatic carbocycles. The predicted octanol–water partition coefficient (Wildman–Crippen LogP) is 4.54. The number of alkyl halides is 3. The third kappa shape index (κ3) is 5.28. The van der Waals surface area contributed by atoms with Gasteiger partial charge in [0.05, 0.1) is 16.3 Å². The molecule has 1 saturated carbocycles. The highest BCUT2D eigenvalue weighted by molar-refractivity contribution is 8.00. The molecule has 0 unspecified atom stereocenters. The molecule has 0 spiro atoms. The lowest BCUT2D eigenvalue weighted by atomic mass is 9.86. The molecular formula is C15H18ClF3N2OS. The number of amides is 1. The van der Waals surface area contributed by atoms with Crippen LogP contribution >= 0.6 is 23.4 Å². The number of nitrogens with one attached hydrogen (secondary N) is 1. The molecule has 0 saturated heterocycles. The maximum absolute atomic E-state index is 12.5. The Balaban J connectivity index is 1.89. The summed E-state index contributed by atoms with van der Waals surface area (Å²) < 4.78 is 37.6.